The van der Waals surface area contributed by atoms with Crippen LogP contribution < -0.4 is 10.6 Å². The molecule has 7 nitrogen and oxygen atoms in total. The van der Waals surface area contributed by atoms with Crippen LogP contribution in [-0.2, 0) is 22.6 Å². The lowest BCUT2D eigenvalue weighted by Crippen LogP contribution is -2.35. The molecule has 1 heterocycles. The fourth-order valence-electron chi connectivity index (χ4n) is 3.86. The van der Waals surface area contributed by atoms with E-state index in [1.54, 1.807) is 18.2 Å². The summed E-state index contributed by atoms with van der Waals surface area (Å²) in [6.45, 7) is 11.3. The van der Waals surface area contributed by atoms with Gasteiger partial charge in [-0.25, -0.2) is 4.99 Å². The van der Waals surface area contributed by atoms with Gasteiger partial charge < -0.3 is 14.7 Å². The molecule has 1 aliphatic heterocycles. The standard InChI is InChI=1S/C24H28ClN3O4/c1-14(2)31-22-8-6-17(11-21(22)25)24(32-26)27-16(4)19-7-5-18-12-28(13-23(29)30)10-9-20(18)15(19)3/h5-8,11,14H,4,9-10,12-13,26H2,1-3H3,(H,29,30). The third kappa shape index (κ3) is 5.48. The number of carbonyl (C=O) groups is 1. The minimum absolute atomic E-state index is 0.000199. The molecule has 0 amide bonds. The van der Waals surface area contributed by atoms with E-state index >= 15 is 0 Å². The van der Waals surface area contributed by atoms with Gasteiger partial charge in [-0.15, -0.1) is 0 Å². The highest BCUT2D eigenvalue weighted by Gasteiger charge is 2.21. The molecule has 0 aliphatic carbocycles. The molecule has 3 N–H and O–H groups in total. The Kier molecular flexibility index (Phi) is 7.56. The lowest BCUT2D eigenvalue weighted by molar-refractivity contribution is -0.138. The quantitative estimate of drug-likeness (QED) is 0.367. The van der Waals surface area contributed by atoms with Crippen LogP contribution in [0.4, 0.5) is 0 Å². The molecule has 170 valence electrons. The zero-order chi connectivity index (χ0) is 23.4. The normalized spacial score (nSPS) is 14.2. The smallest absolute Gasteiger partial charge is 0.317 e. The van der Waals surface area contributed by atoms with Crippen LogP contribution in [0.15, 0.2) is 41.9 Å². The number of aliphatic imine (C=N–C) groups is 1. The largest absolute Gasteiger partial charge is 0.489 e. The van der Waals surface area contributed by atoms with Crippen molar-refractivity contribution in [3.05, 3.63) is 69.8 Å². The van der Waals surface area contributed by atoms with Crippen molar-refractivity contribution in [2.75, 3.05) is 13.1 Å². The molecule has 0 aromatic heterocycles. The first-order valence-electron chi connectivity index (χ1n) is 10.4. The molecule has 0 fully saturated rings. The minimum atomic E-state index is -0.817. The summed E-state index contributed by atoms with van der Waals surface area (Å²) in [5.41, 5.74) is 5.40. The molecular weight excluding hydrogens is 430 g/mol. The van der Waals surface area contributed by atoms with Gasteiger partial charge in [0.15, 0.2) is 0 Å². The van der Waals surface area contributed by atoms with E-state index in [0.717, 1.165) is 23.1 Å². The number of nitrogens with two attached hydrogens (primary N) is 1. The van der Waals surface area contributed by atoms with Crippen molar-refractivity contribution in [3.8, 4) is 5.75 Å². The predicted molar refractivity (Wildman–Crippen MR) is 126 cm³/mol. The number of ether oxygens (including phenoxy) is 1. The van der Waals surface area contributed by atoms with Crippen molar-refractivity contribution in [1.82, 2.24) is 4.90 Å². The Hall–Kier alpha value is -2.87. The van der Waals surface area contributed by atoms with E-state index in [1.165, 1.54) is 5.56 Å². The average molecular weight is 458 g/mol. The maximum absolute atomic E-state index is 11.0. The second-order valence-corrected chi connectivity index (χ2v) is 8.43. The van der Waals surface area contributed by atoms with Crippen LogP contribution in [0.2, 0.25) is 5.02 Å². The van der Waals surface area contributed by atoms with Crippen molar-refractivity contribution < 1.29 is 19.5 Å². The molecule has 2 aromatic rings. The molecule has 0 bridgehead atoms. The summed E-state index contributed by atoms with van der Waals surface area (Å²) < 4.78 is 5.66. The van der Waals surface area contributed by atoms with E-state index < -0.39 is 5.97 Å². The number of rotatable bonds is 7. The number of carboxylic acid groups (broad SMARTS) is 1. The lowest BCUT2D eigenvalue weighted by Gasteiger charge is -2.29. The molecule has 3 rings (SSSR count). The topological polar surface area (TPSA) is 97.4 Å². The minimum Gasteiger partial charge on any atom is -0.489 e. The van der Waals surface area contributed by atoms with Gasteiger partial charge in [0.2, 0.25) is 5.90 Å². The molecule has 0 saturated heterocycles. The van der Waals surface area contributed by atoms with E-state index in [4.69, 9.17) is 32.2 Å². The fourth-order valence-corrected chi connectivity index (χ4v) is 4.09. The van der Waals surface area contributed by atoms with Crippen LogP contribution in [0.1, 0.15) is 41.7 Å². The van der Waals surface area contributed by atoms with Gasteiger partial charge >= 0.3 is 5.97 Å². The highest BCUT2D eigenvalue weighted by Crippen LogP contribution is 2.30. The van der Waals surface area contributed by atoms with Crippen LogP contribution in [0.5, 0.6) is 5.75 Å². The molecule has 0 atom stereocenters. The number of fused-ring (bicyclic) bond motifs is 1. The summed E-state index contributed by atoms with van der Waals surface area (Å²) in [4.78, 5) is 22.5. The zero-order valence-corrected chi connectivity index (χ0v) is 19.3. The summed E-state index contributed by atoms with van der Waals surface area (Å²) in [5.74, 6) is 5.45. The Morgan fingerprint density at radius 1 is 1.34 bits per heavy atom. The van der Waals surface area contributed by atoms with Crippen LogP contribution in [0.25, 0.3) is 5.70 Å². The maximum Gasteiger partial charge on any atom is 0.317 e. The van der Waals surface area contributed by atoms with Gasteiger partial charge in [-0.3, -0.25) is 9.69 Å². The second-order valence-electron chi connectivity index (χ2n) is 8.02. The molecule has 8 heteroatoms. The van der Waals surface area contributed by atoms with Gasteiger partial charge in [0.05, 0.1) is 23.4 Å². The molecule has 32 heavy (non-hydrogen) atoms. The predicted octanol–water partition coefficient (Wildman–Crippen LogP) is 4.19. The van der Waals surface area contributed by atoms with Crippen molar-refractivity contribution in [3.63, 3.8) is 0 Å². The Balaban J connectivity index is 1.85. The highest BCUT2D eigenvalue weighted by molar-refractivity contribution is 6.32. The molecular formula is C24H28ClN3O4. The van der Waals surface area contributed by atoms with E-state index in [9.17, 15) is 4.79 Å². The first-order chi connectivity index (χ1) is 15.2. The molecule has 0 spiro atoms. The molecule has 0 saturated carbocycles. The Morgan fingerprint density at radius 2 is 2.09 bits per heavy atom. The van der Waals surface area contributed by atoms with Crippen molar-refractivity contribution in [2.45, 2.75) is 39.8 Å². The number of benzene rings is 2. The van der Waals surface area contributed by atoms with Gasteiger partial charge in [0.25, 0.3) is 0 Å². The van der Waals surface area contributed by atoms with Crippen molar-refractivity contribution >= 4 is 29.2 Å². The highest BCUT2D eigenvalue weighted by atomic mass is 35.5. The number of aliphatic carboxylic acids is 1. The van der Waals surface area contributed by atoms with Crippen molar-refractivity contribution in [2.24, 2.45) is 10.9 Å². The van der Waals surface area contributed by atoms with Gasteiger partial charge in [-0.1, -0.05) is 30.3 Å². The van der Waals surface area contributed by atoms with Crippen LogP contribution >= 0.6 is 11.6 Å². The van der Waals surface area contributed by atoms with Crippen LogP contribution in [-0.4, -0.2) is 41.1 Å². The van der Waals surface area contributed by atoms with Gasteiger partial charge in [0, 0.05) is 24.2 Å². The number of hydrogen-bond donors (Lipinski definition) is 2. The summed E-state index contributed by atoms with van der Waals surface area (Å²) in [6.07, 6.45) is 0.770. The summed E-state index contributed by atoms with van der Waals surface area (Å²) in [5, 5.41) is 9.48. The van der Waals surface area contributed by atoms with Crippen molar-refractivity contribution in [1.29, 1.82) is 0 Å². The third-order valence-corrected chi connectivity index (χ3v) is 5.62. The Morgan fingerprint density at radius 3 is 2.72 bits per heavy atom. The van der Waals surface area contributed by atoms with E-state index in [2.05, 4.69) is 11.6 Å². The monoisotopic (exact) mass is 457 g/mol. The molecule has 0 radical (unpaired) electrons. The average Bonchev–Trinajstić information content (AvgIpc) is 2.72. The SMILES string of the molecule is C=C(N=C(ON)c1ccc(OC(C)C)c(Cl)c1)c1ccc2c(c1C)CCN(CC(=O)O)C2. The number of hydrogen-bond acceptors (Lipinski definition) is 6. The van der Waals surface area contributed by atoms with E-state index in [1.807, 2.05) is 37.8 Å². The zero-order valence-electron chi connectivity index (χ0n) is 18.5. The lowest BCUT2D eigenvalue weighted by atomic mass is 9.91. The summed E-state index contributed by atoms with van der Waals surface area (Å²) in [7, 11) is 0. The third-order valence-electron chi connectivity index (χ3n) is 5.33. The van der Waals surface area contributed by atoms with Gasteiger partial charge in [0.1, 0.15) is 5.75 Å². The van der Waals surface area contributed by atoms with Gasteiger partial charge in [-0.2, -0.15) is 5.90 Å². The summed E-state index contributed by atoms with van der Waals surface area (Å²) >= 11 is 6.34. The Labute approximate surface area is 193 Å². The number of halogens is 1. The first-order valence-corrected chi connectivity index (χ1v) is 10.7. The molecule has 0 unspecified atom stereocenters. The number of nitrogens with zero attached hydrogens (tertiary/aromatic N) is 2. The van der Waals surface area contributed by atoms with E-state index in [-0.39, 0.29) is 18.5 Å². The fraction of sp³-hybridized carbons (Fsp3) is 0.333. The maximum atomic E-state index is 11.0. The molecule has 1 aliphatic rings. The summed E-state index contributed by atoms with van der Waals surface area (Å²) in [6, 6.07) is 9.17. The van der Waals surface area contributed by atoms with E-state index in [0.29, 0.717) is 35.1 Å². The number of carboxylic acids is 1. The molecule has 2 aromatic carbocycles. The second kappa shape index (κ2) is 10.2. The van der Waals surface area contributed by atoms with Crippen LogP contribution in [0.3, 0.4) is 0 Å². The Bertz CT molecular complexity index is 1070. The van der Waals surface area contributed by atoms with Crippen LogP contribution in [0, 0.1) is 6.92 Å². The van der Waals surface area contributed by atoms with Gasteiger partial charge in [-0.05, 0) is 62.1 Å². The first kappa shape index (κ1) is 23.8.